The first-order valence-corrected chi connectivity index (χ1v) is 5.92. The van der Waals surface area contributed by atoms with Gasteiger partial charge in [-0.05, 0) is 11.6 Å². The second-order valence-electron chi connectivity index (χ2n) is 4.14. The van der Waals surface area contributed by atoms with Crippen LogP contribution >= 0.6 is 0 Å². The van der Waals surface area contributed by atoms with E-state index < -0.39 is 34.8 Å². The van der Waals surface area contributed by atoms with Crippen LogP contribution in [0.3, 0.4) is 0 Å². The van der Waals surface area contributed by atoms with Gasteiger partial charge in [0, 0.05) is 11.1 Å². The van der Waals surface area contributed by atoms with Crippen LogP contribution in [0.5, 0.6) is 0 Å². The van der Waals surface area contributed by atoms with Gasteiger partial charge in [0.2, 0.25) is 0 Å². The van der Waals surface area contributed by atoms with Crippen LogP contribution in [0.15, 0.2) is 30.3 Å². The van der Waals surface area contributed by atoms with Gasteiger partial charge in [-0.1, -0.05) is 24.3 Å². The molecule has 0 saturated carbocycles. The molecule has 2 aromatic carbocycles. The highest BCUT2D eigenvalue weighted by atomic mass is 28.2. The molecule has 0 amide bonds. The lowest BCUT2D eigenvalue weighted by Gasteiger charge is -2.20. The van der Waals surface area contributed by atoms with Gasteiger partial charge in [0.05, 0.1) is 0 Å². The molecule has 2 rings (SSSR count). The third-order valence-corrected chi connectivity index (χ3v) is 3.10. The summed E-state index contributed by atoms with van der Waals surface area (Å²) in [6, 6.07) is 5.10. The SMILES string of the molecule is OC(O)(O[Si])c1ccc(-c2cc(F)c(F)c(F)c2F)cc1. The molecule has 0 unspecified atom stereocenters. The maximum atomic E-state index is 13.6. The molecular weight excluding hydrogens is 308 g/mol. The van der Waals surface area contributed by atoms with Gasteiger partial charge in [0.15, 0.2) is 23.3 Å². The zero-order valence-corrected chi connectivity index (χ0v) is 11.2. The van der Waals surface area contributed by atoms with Gasteiger partial charge in [0.1, 0.15) is 0 Å². The molecule has 0 aliphatic rings. The van der Waals surface area contributed by atoms with E-state index in [1.54, 1.807) is 0 Å². The van der Waals surface area contributed by atoms with Crippen LogP contribution in [-0.2, 0) is 10.4 Å². The molecule has 0 saturated heterocycles. The fraction of sp³-hybridized carbons (Fsp3) is 0.0769. The third-order valence-electron chi connectivity index (χ3n) is 2.82. The van der Waals surface area contributed by atoms with E-state index in [2.05, 4.69) is 14.9 Å². The summed E-state index contributed by atoms with van der Waals surface area (Å²) in [7, 11) is 2.46. The van der Waals surface area contributed by atoms with Crippen LogP contribution in [0.25, 0.3) is 11.1 Å². The summed E-state index contributed by atoms with van der Waals surface area (Å²) in [4.78, 5) is 0. The lowest BCUT2D eigenvalue weighted by atomic mass is 10.0. The largest absolute Gasteiger partial charge is 0.367 e. The Kier molecular flexibility index (Phi) is 4.15. The summed E-state index contributed by atoms with van der Waals surface area (Å²) in [6.45, 7) is 0. The van der Waals surface area contributed by atoms with E-state index in [-0.39, 0.29) is 11.1 Å². The molecule has 0 spiro atoms. The maximum Gasteiger partial charge on any atom is 0.296 e. The molecule has 0 heterocycles. The van der Waals surface area contributed by atoms with Crippen molar-refractivity contribution in [3.8, 4) is 11.1 Å². The second-order valence-corrected chi connectivity index (χ2v) is 4.34. The molecule has 2 N–H and O–H groups in total. The van der Waals surface area contributed by atoms with E-state index in [1.807, 2.05) is 0 Å². The molecule has 109 valence electrons. The first-order chi connectivity index (χ1) is 9.77. The predicted octanol–water partition coefficient (Wildman–Crippen LogP) is 2.10. The summed E-state index contributed by atoms with van der Waals surface area (Å²) in [6.07, 6.45) is 0. The summed E-state index contributed by atoms with van der Waals surface area (Å²) >= 11 is 0. The molecule has 0 fully saturated rings. The number of halogens is 4. The number of hydrogen-bond donors (Lipinski definition) is 2. The van der Waals surface area contributed by atoms with Gasteiger partial charge in [0.25, 0.3) is 16.5 Å². The highest BCUT2D eigenvalue weighted by Gasteiger charge is 2.25. The molecule has 21 heavy (non-hydrogen) atoms. The average Bonchev–Trinajstić information content (AvgIpc) is 2.49. The zero-order chi connectivity index (χ0) is 15.8. The normalized spacial score (nSPS) is 11.8. The van der Waals surface area contributed by atoms with E-state index in [1.165, 1.54) is 0 Å². The molecule has 3 radical (unpaired) electrons. The van der Waals surface area contributed by atoms with Crippen molar-refractivity contribution in [2.24, 2.45) is 0 Å². The highest BCUT2D eigenvalue weighted by molar-refractivity contribution is 5.98. The Labute approximate surface area is 120 Å². The summed E-state index contributed by atoms with van der Waals surface area (Å²) in [5.74, 6) is -9.53. The first kappa shape index (κ1) is 15.6. The van der Waals surface area contributed by atoms with Crippen molar-refractivity contribution >= 4 is 10.5 Å². The summed E-state index contributed by atoms with van der Waals surface area (Å²) < 4.78 is 57.0. The van der Waals surface area contributed by atoms with E-state index in [4.69, 9.17) is 0 Å². The Balaban J connectivity index is 2.50. The van der Waals surface area contributed by atoms with Gasteiger partial charge in [-0.2, -0.15) is 0 Å². The van der Waals surface area contributed by atoms with Gasteiger partial charge in [-0.25, -0.2) is 17.6 Å². The molecule has 0 aliphatic carbocycles. The number of aliphatic hydroxyl groups is 2. The Morgan fingerprint density at radius 3 is 2.00 bits per heavy atom. The van der Waals surface area contributed by atoms with Gasteiger partial charge >= 0.3 is 0 Å². The van der Waals surface area contributed by atoms with Crippen molar-refractivity contribution in [2.75, 3.05) is 0 Å². The van der Waals surface area contributed by atoms with Crippen molar-refractivity contribution in [1.29, 1.82) is 0 Å². The monoisotopic (exact) mass is 315 g/mol. The van der Waals surface area contributed by atoms with Crippen molar-refractivity contribution in [3.05, 3.63) is 59.2 Å². The minimum atomic E-state index is -2.63. The summed E-state index contributed by atoms with van der Waals surface area (Å²) in [5, 5.41) is 18.8. The number of rotatable bonds is 3. The van der Waals surface area contributed by atoms with E-state index >= 15 is 0 Å². The quantitative estimate of drug-likeness (QED) is 0.300. The lowest BCUT2D eigenvalue weighted by molar-refractivity contribution is -0.303. The number of hydrogen-bond acceptors (Lipinski definition) is 3. The molecular formula is C13H7F4O3Si. The van der Waals surface area contributed by atoms with E-state index in [0.717, 1.165) is 24.3 Å². The lowest BCUT2D eigenvalue weighted by Crippen LogP contribution is -2.27. The van der Waals surface area contributed by atoms with Crippen LogP contribution in [0.1, 0.15) is 5.56 Å². The molecule has 2 aromatic rings. The second kappa shape index (κ2) is 5.56. The smallest absolute Gasteiger partial charge is 0.296 e. The van der Waals surface area contributed by atoms with Crippen molar-refractivity contribution < 1.29 is 32.2 Å². The molecule has 0 bridgehead atoms. The summed E-state index contributed by atoms with van der Waals surface area (Å²) in [5.41, 5.74) is -0.609. The predicted molar refractivity (Wildman–Crippen MR) is 64.7 cm³/mol. The van der Waals surface area contributed by atoms with Crippen LogP contribution in [0, 0.1) is 23.3 Å². The minimum Gasteiger partial charge on any atom is -0.367 e. The molecule has 0 aromatic heterocycles. The van der Waals surface area contributed by atoms with E-state index in [0.29, 0.717) is 6.07 Å². The molecule has 8 heteroatoms. The fourth-order valence-electron chi connectivity index (χ4n) is 1.71. The Hall–Kier alpha value is -1.74. The Morgan fingerprint density at radius 2 is 1.48 bits per heavy atom. The van der Waals surface area contributed by atoms with Gasteiger partial charge < -0.3 is 14.6 Å². The van der Waals surface area contributed by atoms with Gasteiger partial charge in [-0.3, -0.25) is 0 Å². The van der Waals surface area contributed by atoms with Crippen LogP contribution < -0.4 is 0 Å². The first-order valence-electron chi connectivity index (χ1n) is 5.51. The molecule has 3 nitrogen and oxygen atoms in total. The third kappa shape index (κ3) is 2.83. The van der Waals surface area contributed by atoms with E-state index in [9.17, 15) is 27.8 Å². The van der Waals surface area contributed by atoms with Gasteiger partial charge in [-0.15, -0.1) is 0 Å². The van der Waals surface area contributed by atoms with Crippen LogP contribution in [0.4, 0.5) is 17.6 Å². The topological polar surface area (TPSA) is 49.7 Å². The maximum absolute atomic E-state index is 13.6. The van der Waals surface area contributed by atoms with Crippen molar-refractivity contribution in [2.45, 2.75) is 5.97 Å². The zero-order valence-electron chi connectivity index (χ0n) is 10.2. The van der Waals surface area contributed by atoms with Crippen molar-refractivity contribution in [1.82, 2.24) is 0 Å². The Bertz CT molecular complexity index is 674. The fourth-order valence-corrected chi connectivity index (χ4v) is 1.83. The number of benzene rings is 2. The molecule has 0 aliphatic heterocycles. The van der Waals surface area contributed by atoms with Crippen LogP contribution in [-0.4, -0.2) is 20.7 Å². The Morgan fingerprint density at radius 1 is 0.905 bits per heavy atom. The highest BCUT2D eigenvalue weighted by Crippen LogP contribution is 2.29. The minimum absolute atomic E-state index is 0.0128. The average molecular weight is 315 g/mol. The van der Waals surface area contributed by atoms with Crippen molar-refractivity contribution in [3.63, 3.8) is 0 Å². The molecule has 0 atom stereocenters. The standard InChI is InChI=1S/C13H7F4O3Si/c14-9-5-8(10(15)12(17)11(9)16)6-1-3-7(4-2-6)13(18,19)20-21/h1-5,18-19H. The van der Waals surface area contributed by atoms with Crippen LogP contribution in [0.2, 0.25) is 0 Å².